The van der Waals surface area contributed by atoms with E-state index in [-0.39, 0.29) is 7.43 Å². The molecule has 16 heavy (non-hydrogen) atoms. The van der Waals surface area contributed by atoms with E-state index in [1.807, 2.05) is 48.5 Å². The van der Waals surface area contributed by atoms with Crippen LogP contribution in [0.1, 0.15) is 18.6 Å². The Balaban J connectivity index is 0.00000128. The van der Waals surface area contributed by atoms with Crippen LogP contribution >= 0.6 is 0 Å². The lowest BCUT2D eigenvalue weighted by atomic mass is 10.0. The second-order valence-corrected chi connectivity index (χ2v) is 3.66. The van der Waals surface area contributed by atoms with Gasteiger partial charge in [0.1, 0.15) is 0 Å². The summed E-state index contributed by atoms with van der Waals surface area (Å²) in [5, 5.41) is 0. The highest BCUT2D eigenvalue weighted by atomic mass is 14.5. The highest BCUT2D eigenvalue weighted by molar-refractivity contribution is 5.43. The highest BCUT2D eigenvalue weighted by Gasteiger charge is 1.95. The minimum absolute atomic E-state index is 0. The summed E-state index contributed by atoms with van der Waals surface area (Å²) in [6, 6.07) is 15.9. The van der Waals surface area contributed by atoms with Gasteiger partial charge in [-0.15, -0.1) is 0 Å². The predicted molar refractivity (Wildman–Crippen MR) is 71.2 cm³/mol. The zero-order valence-corrected chi connectivity index (χ0v) is 8.48. The maximum Gasteiger partial charge on any atom is 0.0314 e. The van der Waals surface area contributed by atoms with Crippen molar-refractivity contribution in [3.8, 4) is 0 Å². The van der Waals surface area contributed by atoms with Crippen LogP contribution in [-0.2, 0) is 6.42 Å². The molecule has 84 valence electrons. The molecule has 0 spiro atoms. The average molecular weight is 214 g/mol. The fraction of sp³-hybridized carbons (Fsp3) is 0.143. The van der Waals surface area contributed by atoms with Crippen molar-refractivity contribution in [1.82, 2.24) is 0 Å². The maximum absolute atomic E-state index is 5.62. The zero-order chi connectivity index (χ0) is 10.7. The van der Waals surface area contributed by atoms with E-state index in [2.05, 4.69) is 0 Å². The normalized spacial score (nSPS) is 9.50. The van der Waals surface area contributed by atoms with Crippen LogP contribution in [0.25, 0.3) is 0 Å². The molecule has 4 N–H and O–H groups in total. The number of nitrogen functional groups attached to an aromatic ring is 2. The third kappa shape index (κ3) is 3.02. The van der Waals surface area contributed by atoms with E-state index in [1.54, 1.807) is 0 Å². The number of nitrogens with two attached hydrogens (primary N) is 2. The standard InChI is InChI=1S/C13H14N2.CH4/c14-12-5-1-10(2-6-12)9-11-3-7-13(15)8-4-11;/h1-8H,9,14-15H2;1H4. The van der Waals surface area contributed by atoms with Crippen molar-refractivity contribution in [2.45, 2.75) is 13.8 Å². The smallest absolute Gasteiger partial charge is 0.0314 e. The van der Waals surface area contributed by atoms with E-state index >= 15 is 0 Å². The van der Waals surface area contributed by atoms with Crippen LogP contribution < -0.4 is 11.5 Å². The number of anilines is 2. The summed E-state index contributed by atoms with van der Waals surface area (Å²) in [6.07, 6.45) is 0.917. The summed E-state index contributed by atoms with van der Waals surface area (Å²) in [4.78, 5) is 0. The summed E-state index contributed by atoms with van der Waals surface area (Å²) in [7, 11) is 0. The molecule has 2 nitrogen and oxygen atoms in total. The number of rotatable bonds is 2. The van der Waals surface area contributed by atoms with E-state index in [4.69, 9.17) is 11.5 Å². The molecule has 0 saturated heterocycles. The molecule has 0 aliphatic carbocycles. The molecule has 0 heterocycles. The van der Waals surface area contributed by atoms with E-state index in [9.17, 15) is 0 Å². The second-order valence-electron chi connectivity index (χ2n) is 3.66. The maximum atomic E-state index is 5.62. The molecular formula is C14H18N2. The molecule has 2 heteroatoms. The Kier molecular flexibility index (Phi) is 3.95. The van der Waals surface area contributed by atoms with Crippen LogP contribution in [0.3, 0.4) is 0 Å². The van der Waals surface area contributed by atoms with Gasteiger partial charge in [-0.05, 0) is 41.8 Å². The minimum atomic E-state index is 0. The number of hydrogen-bond acceptors (Lipinski definition) is 2. The zero-order valence-electron chi connectivity index (χ0n) is 8.48. The van der Waals surface area contributed by atoms with Crippen LogP contribution in [0.2, 0.25) is 0 Å². The molecule has 2 aromatic rings. The fourth-order valence-electron chi connectivity index (χ4n) is 1.51. The first kappa shape index (κ1) is 12.1. The molecule has 2 aromatic carbocycles. The first-order valence-electron chi connectivity index (χ1n) is 4.93. The first-order valence-corrected chi connectivity index (χ1v) is 4.93. The minimum Gasteiger partial charge on any atom is -0.399 e. The lowest BCUT2D eigenvalue weighted by Gasteiger charge is -2.02. The van der Waals surface area contributed by atoms with Gasteiger partial charge < -0.3 is 11.5 Å². The van der Waals surface area contributed by atoms with Crippen molar-refractivity contribution in [1.29, 1.82) is 0 Å². The Labute approximate surface area is 96.9 Å². The summed E-state index contributed by atoms with van der Waals surface area (Å²) < 4.78 is 0. The number of hydrogen-bond donors (Lipinski definition) is 2. The van der Waals surface area contributed by atoms with Gasteiger partial charge in [-0.3, -0.25) is 0 Å². The van der Waals surface area contributed by atoms with Gasteiger partial charge in [-0.25, -0.2) is 0 Å². The van der Waals surface area contributed by atoms with Crippen LogP contribution in [-0.4, -0.2) is 0 Å². The van der Waals surface area contributed by atoms with Gasteiger partial charge in [-0.2, -0.15) is 0 Å². The third-order valence-electron chi connectivity index (χ3n) is 2.37. The summed E-state index contributed by atoms with van der Waals surface area (Å²) in [5.74, 6) is 0. The number of benzene rings is 2. The fourth-order valence-corrected chi connectivity index (χ4v) is 1.51. The van der Waals surface area contributed by atoms with Gasteiger partial charge in [0.25, 0.3) is 0 Å². The van der Waals surface area contributed by atoms with Gasteiger partial charge in [0.05, 0.1) is 0 Å². The molecule has 0 aromatic heterocycles. The quantitative estimate of drug-likeness (QED) is 0.755. The molecule has 0 bridgehead atoms. The lowest BCUT2D eigenvalue weighted by molar-refractivity contribution is 1.19. The molecule has 0 aliphatic rings. The van der Waals surface area contributed by atoms with E-state index < -0.39 is 0 Å². The molecule has 0 aliphatic heterocycles. The molecule has 0 fully saturated rings. The van der Waals surface area contributed by atoms with Crippen molar-refractivity contribution in [2.75, 3.05) is 11.5 Å². The lowest BCUT2D eigenvalue weighted by Crippen LogP contribution is -1.90. The highest BCUT2D eigenvalue weighted by Crippen LogP contribution is 2.13. The molecule has 0 amide bonds. The Morgan fingerprint density at radius 1 is 0.625 bits per heavy atom. The van der Waals surface area contributed by atoms with E-state index in [1.165, 1.54) is 11.1 Å². The molecule has 2 rings (SSSR count). The Morgan fingerprint density at radius 2 is 0.938 bits per heavy atom. The van der Waals surface area contributed by atoms with Crippen LogP contribution in [0.4, 0.5) is 11.4 Å². The largest absolute Gasteiger partial charge is 0.399 e. The van der Waals surface area contributed by atoms with Crippen LogP contribution in [0.5, 0.6) is 0 Å². The average Bonchev–Trinajstić information content (AvgIpc) is 2.25. The van der Waals surface area contributed by atoms with Gasteiger partial charge in [0, 0.05) is 11.4 Å². The van der Waals surface area contributed by atoms with Gasteiger partial charge in [0.15, 0.2) is 0 Å². The predicted octanol–water partition coefficient (Wildman–Crippen LogP) is 3.08. The summed E-state index contributed by atoms with van der Waals surface area (Å²) >= 11 is 0. The summed E-state index contributed by atoms with van der Waals surface area (Å²) in [5.41, 5.74) is 15.4. The summed E-state index contributed by atoms with van der Waals surface area (Å²) in [6.45, 7) is 0. The topological polar surface area (TPSA) is 52.0 Å². The molecule has 0 radical (unpaired) electrons. The monoisotopic (exact) mass is 214 g/mol. The first-order chi connectivity index (χ1) is 7.24. The Bertz CT molecular complexity index is 386. The Morgan fingerprint density at radius 3 is 1.25 bits per heavy atom. The second kappa shape index (κ2) is 5.21. The molecular weight excluding hydrogens is 196 g/mol. The van der Waals surface area contributed by atoms with Crippen LogP contribution in [0, 0.1) is 0 Å². The Hall–Kier alpha value is -1.96. The van der Waals surface area contributed by atoms with E-state index in [0.29, 0.717) is 0 Å². The van der Waals surface area contributed by atoms with Crippen molar-refractivity contribution in [3.05, 3.63) is 59.7 Å². The van der Waals surface area contributed by atoms with Gasteiger partial charge >= 0.3 is 0 Å². The van der Waals surface area contributed by atoms with Crippen molar-refractivity contribution < 1.29 is 0 Å². The van der Waals surface area contributed by atoms with Crippen molar-refractivity contribution in [3.63, 3.8) is 0 Å². The van der Waals surface area contributed by atoms with Crippen LogP contribution in [0.15, 0.2) is 48.5 Å². The van der Waals surface area contributed by atoms with Gasteiger partial charge in [-0.1, -0.05) is 31.7 Å². The van der Waals surface area contributed by atoms with E-state index in [0.717, 1.165) is 17.8 Å². The molecule has 0 saturated carbocycles. The van der Waals surface area contributed by atoms with Gasteiger partial charge in [0.2, 0.25) is 0 Å². The van der Waals surface area contributed by atoms with Crippen molar-refractivity contribution >= 4 is 11.4 Å². The molecule has 0 unspecified atom stereocenters. The SMILES string of the molecule is C.Nc1ccc(Cc2ccc(N)cc2)cc1. The van der Waals surface area contributed by atoms with Crippen molar-refractivity contribution in [2.24, 2.45) is 0 Å². The third-order valence-corrected chi connectivity index (χ3v) is 2.37. The molecule has 0 atom stereocenters.